The fourth-order valence-electron chi connectivity index (χ4n) is 2.80. The van der Waals surface area contributed by atoms with Crippen molar-refractivity contribution in [3.63, 3.8) is 0 Å². The van der Waals surface area contributed by atoms with E-state index in [4.69, 9.17) is 4.74 Å². The van der Waals surface area contributed by atoms with Crippen molar-refractivity contribution in [3.8, 4) is 5.88 Å². The van der Waals surface area contributed by atoms with Gasteiger partial charge < -0.3 is 9.30 Å². The quantitative estimate of drug-likeness (QED) is 0.856. The minimum Gasteiger partial charge on any atom is -0.473 e. The second kappa shape index (κ2) is 6.91. The molecular weight excluding hydrogens is 292 g/mol. The largest absolute Gasteiger partial charge is 0.473 e. The summed E-state index contributed by atoms with van der Waals surface area (Å²) in [5.74, 6) is 0.606. The topological polar surface area (TPSA) is 60.2 Å². The zero-order valence-corrected chi connectivity index (χ0v) is 13.6. The van der Waals surface area contributed by atoms with Gasteiger partial charge in [0.25, 0.3) is 5.56 Å². The van der Waals surface area contributed by atoms with Crippen LogP contribution in [0.1, 0.15) is 24.1 Å². The maximum Gasteiger partial charge on any atom is 0.250 e. The van der Waals surface area contributed by atoms with E-state index in [1.165, 1.54) is 0 Å². The molecule has 6 nitrogen and oxygen atoms in total. The highest BCUT2D eigenvalue weighted by Crippen LogP contribution is 2.18. The van der Waals surface area contributed by atoms with Crippen molar-refractivity contribution in [1.82, 2.24) is 19.4 Å². The Hall–Kier alpha value is -2.21. The van der Waals surface area contributed by atoms with Crippen molar-refractivity contribution in [2.75, 3.05) is 13.1 Å². The first kappa shape index (κ1) is 15.7. The molecule has 0 bridgehead atoms. The van der Waals surface area contributed by atoms with Crippen molar-refractivity contribution in [3.05, 3.63) is 52.3 Å². The Bertz CT molecular complexity index is 721. The SMILES string of the molecule is Cc1cncc(OC2CCN(Cc3ccn(C)c(=O)c3)CC2)n1. The van der Waals surface area contributed by atoms with E-state index in [-0.39, 0.29) is 11.7 Å². The van der Waals surface area contributed by atoms with Gasteiger partial charge in [-0.15, -0.1) is 0 Å². The summed E-state index contributed by atoms with van der Waals surface area (Å²) in [6.07, 6.45) is 7.31. The maximum atomic E-state index is 11.7. The standard InChI is InChI=1S/C17H22N4O2/c1-13-10-18-11-16(19-13)23-15-4-7-21(8-5-15)12-14-3-6-20(2)17(22)9-14/h3,6,9-11,15H,4-5,7-8,12H2,1-2H3. The van der Waals surface area contributed by atoms with Crippen molar-refractivity contribution in [2.45, 2.75) is 32.4 Å². The molecule has 2 aromatic heterocycles. The van der Waals surface area contributed by atoms with Crippen LogP contribution in [0.4, 0.5) is 0 Å². The number of piperidine rings is 1. The molecule has 0 amide bonds. The molecule has 1 fully saturated rings. The zero-order valence-electron chi connectivity index (χ0n) is 13.6. The van der Waals surface area contributed by atoms with Gasteiger partial charge in [0.2, 0.25) is 5.88 Å². The highest BCUT2D eigenvalue weighted by Gasteiger charge is 2.21. The van der Waals surface area contributed by atoms with Crippen LogP contribution in [0.5, 0.6) is 5.88 Å². The first-order valence-electron chi connectivity index (χ1n) is 7.93. The van der Waals surface area contributed by atoms with Gasteiger partial charge in [-0.3, -0.25) is 14.7 Å². The minimum absolute atomic E-state index is 0.0405. The summed E-state index contributed by atoms with van der Waals surface area (Å²) in [5, 5.41) is 0. The van der Waals surface area contributed by atoms with Crippen LogP contribution < -0.4 is 10.3 Å². The normalized spacial score (nSPS) is 16.4. The zero-order chi connectivity index (χ0) is 16.2. The Labute approximate surface area is 135 Å². The van der Waals surface area contributed by atoms with Crippen LogP contribution in [0, 0.1) is 6.92 Å². The van der Waals surface area contributed by atoms with Gasteiger partial charge in [-0.2, -0.15) is 0 Å². The molecule has 0 saturated carbocycles. The summed E-state index contributed by atoms with van der Waals surface area (Å²) in [6.45, 7) is 4.64. The van der Waals surface area contributed by atoms with Gasteiger partial charge in [-0.05, 0) is 31.4 Å². The first-order chi connectivity index (χ1) is 11.1. The Morgan fingerprint density at radius 3 is 2.78 bits per heavy atom. The highest BCUT2D eigenvalue weighted by atomic mass is 16.5. The van der Waals surface area contributed by atoms with Gasteiger partial charge >= 0.3 is 0 Å². The van der Waals surface area contributed by atoms with Crippen molar-refractivity contribution in [2.24, 2.45) is 7.05 Å². The van der Waals surface area contributed by atoms with E-state index in [0.29, 0.717) is 5.88 Å². The molecule has 0 spiro atoms. The summed E-state index contributed by atoms with van der Waals surface area (Å²) in [5.41, 5.74) is 1.97. The predicted molar refractivity (Wildman–Crippen MR) is 87.4 cm³/mol. The second-order valence-corrected chi connectivity index (χ2v) is 6.08. The molecule has 122 valence electrons. The molecule has 2 aromatic rings. The lowest BCUT2D eigenvalue weighted by Crippen LogP contribution is -2.38. The molecule has 3 heterocycles. The number of rotatable bonds is 4. The third-order valence-corrected chi connectivity index (χ3v) is 4.13. The third-order valence-electron chi connectivity index (χ3n) is 4.13. The van der Waals surface area contributed by atoms with Crippen LogP contribution in [-0.4, -0.2) is 38.6 Å². The lowest BCUT2D eigenvalue weighted by Gasteiger charge is -2.31. The van der Waals surface area contributed by atoms with Crippen LogP contribution in [-0.2, 0) is 13.6 Å². The predicted octanol–water partition coefficient (Wildman–Crippen LogP) is 1.53. The van der Waals surface area contributed by atoms with Gasteiger partial charge in [-0.1, -0.05) is 0 Å². The van der Waals surface area contributed by atoms with E-state index in [1.54, 1.807) is 30.1 Å². The summed E-state index contributed by atoms with van der Waals surface area (Å²) < 4.78 is 7.51. The van der Waals surface area contributed by atoms with Gasteiger partial charge in [-0.25, -0.2) is 4.98 Å². The number of hydrogen-bond acceptors (Lipinski definition) is 5. The van der Waals surface area contributed by atoms with E-state index in [2.05, 4.69) is 14.9 Å². The van der Waals surface area contributed by atoms with E-state index < -0.39 is 0 Å². The molecule has 23 heavy (non-hydrogen) atoms. The Kier molecular flexibility index (Phi) is 4.71. The summed E-state index contributed by atoms with van der Waals surface area (Å²) >= 11 is 0. The lowest BCUT2D eigenvalue weighted by molar-refractivity contribution is 0.0927. The molecule has 3 rings (SSSR count). The Morgan fingerprint density at radius 2 is 2.09 bits per heavy atom. The van der Waals surface area contributed by atoms with Crippen molar-refractivity contribution < 1.29 is 4.74 Å². The highest BCUT2D eigenvalue weighted by molar-refractivity contribution is 5.11. The number of pyridine rings is 1. The first-order valence-corrected chi connectivity index (χ1v) is 7.93. The van der Waals surface area contributed by atoms with Gasteiger partial charge in [0.1, 0.15) is 6.10 Å². The number of nitrogens with zero attached hydrogens (tertiary/aromatic N) is 4. The molecule has 6 heteroatoms. The summed E-state index contributed by atoms with van der Waals surface area (Å²) in [4.78, 5) is 22.5. The Morgan fingerprint density at radius 1 is 1.30 bits per heavy atom. The number of ether oxygens (including phenoxy) is 1. The maximum absolute atomic E-state index is 11.7. The molecule has 0 N–H and O–H groups in total. The average Bonchev–Trinajstić information content (AvgIpc) is 2.53. The number of aryl methyl sites for hydroxylation is 2. The minimum atomic E-state index is 0.0405. The fraction of sp³-hybridized carbons (Fsp3) is 0.471. The van der Waals surface area contributed by atoms with Crippen molar-refractivity contribution >= 4 is 0 Å². The van der Waals surface area contributed by atoms with E-state index >= 15 is 0 Å². The lowest BCUT2D eigenvalue weighted by atomic mass is 10.1. The Balaban J connectivity index is 1.52. The van der Waals surface area contributed by atoms with Crippen LogP contribution in [0.25, 0.3) is 0 Å². The molecule has 0 aromatic carbocycles. The summed E-state index contributed by atoms with van der Waals surface area (Å²) in [6, 6.07) is 3.72. The van der Waals surface area contributed by atoms with Crippen molar-refractivity contribution in [1.29, 1.82) is 0 Å². The van der Waals surface area contributed by atoms with E-state index in [1.807, 2.05) is 19.2 Å². The molecule has 1 aliphatic rings. The average molecular weight is 314 g/mol. The molecular formula is C17H22N4O2. The molecule has 0 aliphatic carbocycles. The number of aromatic nitrogens is 3. The molecule has 0 atom stereocenters. The monoisotopic (exact) mass is 314 g/mol. The van der Waals surface area contributed by atoms with Crippen LogP contribution in [0.3, 0.4) is 0 Å². The smallest absolute Gasteiger partial charge is 0.250 e. The molecule has 0 radical (unpaired) electrons. The summed E-state index contributed by atoms with van der Waals surface area (Å²) in [7, 11) is 1.77. The number of hydrogen-bond donors (Lipinski definition) is 0. The number of likely N-dealkylation sites (tertiary alicyclic amines) is 1. The molecule has 1 saturated heterocycles. The third kappa shape index (κ3) is 4.16. The van der Waals surface area contributed by atoms with Crippen LogP contribution >= 0.6 is 0 Å². The second-order valence-electron chi connectivity index (χ2n) is 6.08. The van der Waals surface area contributed by atoms with Gasteiger partial charge in [0, 0.05) is 45.1 Å². The molecule has 1 aliphatic heterocycles. The van der Waals surface area contributed by atoms with Gasteiger partial charge in [0.05, 0.1) is 11.9 Å². The van der Waals surface area contributed by atoms with E-state index in [0.717, 1.165) is 43.7 Å². The van der Waals surface area contributed by atoms with Crippen LogP contribution in [0.15, 0.2) is 35.5 Å². The van der Waals surface area contributed by atoms with Gasteiger partial charge in [0.15, 0.2) is 0 Å². The molecule has 0 unspecified atom stereocenters. The van der Waals surface area contributed by atoms with Crippen LogP contribution in [0.2, 0.25) is 0 Å². The van der Waals surface area contributed by atoms with E-state index in [9.17, 15) is 4.79 Å². The fourth-order valence-corrected chi connectivity index (χ4v) is 2.80.